The van der Waals surface area contributed by atoms with E-state index < -0.39 is 17.3 Å². The molecule has 0 spiro atoms. The second-order valence-electron chi connectivity index (χ2n) is 4.93. The van der Waals surface area contributed by atoms with Gasteiger partial charge in [-0.1, -0.05) is 16.8 Å². The van der Waals surface area contributed by atoms with Crippen LogP contribution in [0.1, 0.15) is 17.0 Å². The van der Waals surface area contributed by atoms with Gasteiger partial charge in [0.2, 0.25) is 0 Å². The molecule has 3 aromatic rings. The van der Waals surface area contributed by atoms with E-state index >= 15 is 0 Å². The fraction of sp³-hybridized carbons (Fsp3) is 0.214. The zero-order chi connectivity index (χ0) is 16.9. The lowest BCUT2D eigenvalue weighted by atomic mass is 10.2. The lowest BCUT2D eigenvalue weighted by molar-refractivity contribution is -0.137. The van der Waals surface area contributed by atoms with Crippen LogP contribution < -0.4 is 5.56 Å². The van der Waals surface area contributed by atoms with Crippen molar-refractivity contribution in [2.45, 2.75) is 20.0 Å². The quantitative estimate of drug-likeness (QED) is 0.676. The van der Waals surface area contributed by atoms with Crippen molar-refractivity contribution < 1.29 is 17.7 Å². The van der Waals surface area contributed by atoms with E-state index in [-0.39, 0.29) is 16.2 Å². The van der Waals surface area contributed by atoms with Gasteiger partial charge >= 0.3 is 11.7 Å². The average molecular weight is 344 g/mol. The zero-order valence-corrected chi connectivity index (χ0v) is 12.7. The minimum Gasteiger partial charge on any atom is -0.360 e. The van der Waals surface area contributed by atoms with Gasteiger partial charge in [-0.15, -0.1) is 0 Å². The Morgan fingerprint density at radius 1 is 1.26 bits per heavy atom. The molecule has 9 heteroatoms. The number of aromatic nitrogens is 3. The van der Waals surface area contributed by atoms with Gasteiger partial charge in [-0.3, -0.25) is 4.79 Å². The highest BCUT2D eigenvalue weighted by Crippen LogP contribution is 2.32. The smallest absolute Gasteiger partial charge is 0.360 e. The van der Waals surface area contributed by atoms with E-state index in [0.29, 0.717) is 16.8 Å². The first-order valence-corrected chi connectivity index (χ1v) is 6.81. The van der Waals surface area contributed by atoms with Crippen molar-refractivity contribution in [3.8, 4) is 5.69 Å². The number of aryl methyl sites for hydroxylation is 2. The molecule has 0 unspecified atom stereocenters. The molecule has 0 amide bonds. The maximum Gasteiger partial charge on any atom is 0.416 e. The number of nitrogens with zero attached hydrogens (tertiary/aromatic N) is 3. The number of alkyl halides is 3. The van der Waals surface area contributed by atoms with Crippen molar-refractivity contribution in [2.75, 3.05) is 0 Å². The number of rotatable bonds is 1. The summed E-state index contributed by atoms with van der Waals surface area (Å²) in [5, 5.41) is 8.10. The molecule has 2 aromatic heterocycles. The van der Waals surface area contributed by atoms with Gasteiger partial charge in [0.15, 0.2) is 5.52 Å². The van der Waals surface area contributed by atoms with Crippen LogP contribution in [0.3, 0.4) is 0 Å². The molecule has 2 heterocycles. The summed E-state index contributed by atoms with van der Waals surface area (Å²) in [6.45, 7) is 3.22. The van der Waals surface area contributed by atoms with Crippen LogP contribution in [0, 0.1) is 13.8 Å². The van der Waals surface area contributed by atoms with Crippen LogP contribution in [0.15, 0.2) is 27.5 Å². The van der Waals surface area contributed by atoms with Gasteiger partial charge in [0.25, 0.3) is 0 Å². The van der Waals surface area contributed by atoms with E-state index in [1.165, 1.54) is 0 Å². The number of benzene rings is 1. The van der Waals surface area contributed by atoms with Crippen LogP contribution in [-0.2, 0) is 6.18 Å². The SMILES string of the molecule is Cc1nn(-c2cc(C(F)(F)F)ccc2Cl)c(=O)c2noc(C)c12. The third kappa shape index (κ3) is 2.48. The molecule has 0 saturated heterocycles. The monoisotopic (exact) mass is 343 g/mol. The second kappa shape index (κ2) is 5.09. The number of fused-ring (bicyclic) bond motifs is 1. The number of halogens is 4. The van der Waals surface area contributed by atoms with Crippen LogP contribution >= 0.6 is 11.6 Å². The van der Waals surface area contributed by atoms with Crippen LogP contribution in [0.2, 0.25) is 5.02 Å². The topological polar surface area (TPSA) is 60.9 Å². The normalized spacial score (nSPS) is 12.1. The van der Waals surface area contributed by atoms with Gasteiger partial charge < -0.3 is 4.52 Å². The highest BCUT2D eigenvalue weighted by Gasteiger charge is 2.31. The van der Waals surface area contributed by atoms with Gasteiger partial charge in [0.05, 0.1) is 27.4 Å². The first-order chi connectivity index (χ1) is 10.7. The van der Waals surface area contributed by atoms with Gasteiger partial charge in [-0.05, 0) is 32.0 Å². The summed E-state index contributed by atoms with van der Waals surface area (Å²) < 4.78 is 44.4. The van der Waals surface area contributed by atoms with E-state index in [4.69, 9.17) is 16.1 Å². The minimum atomic E-state index is -4.56. The predicted molar refractivity (Wildman–Crippen MR) is 76.9 cm³/mol. The molecule has 5 nitrogen and oxygen atoms in total. The third-order valence-corrected chi connectivity index (χ3v) is 3.69. The first-order valence-electron chi connectivity index (χ1n) is 6.43. The summed E-state index contributed by atoms with van der Waals surface area (Å²) in [6.07, 6.45) is -4.56. The van der Waals surface area contributed by atoms with Gasteiger partial charge in [-0.2, -0.15) is 23.0 Å². The van der Waals surface area contributed by atoms with E-state index in [1.54, 1.807) is 13.8 Å². The van der Waals surface area contributed by atoms with Gasteiger partial charge in [-0.25, -0.2) is 0 Å². The Morgan fingerprint density at radius 2 is 1.96 bits per heavy atom. The molecular formula is C14H9ClF3N3O2. The molecule has 0 aliphatic carbocycles. The maximum atomic E-state index is 12.9. The highest BCUT2D eigenvalue weighted by atomic mass is 35.5. The van der Waals surface area contributed by atoms with Crippen molar-refractivity contribution in [1.82, 2.24) is 14.9 Å². The first kappa shape index (κ1) is 15.5. The molecule has 0 aliphatic heterocycles. The molecule has 0 saturated carbocycles. The molecule has 1 aromatic carbocycles. The second-order valence-corrected chi connectivity index (χ2v) is 5.34. The predicted octanol–water partition coefficient (Wildman–Crippen LogP) is 3.66. The van der Waals surface area contributed by atoms with Crippen molar-refractivity contribution in [3.05, 3.63) is 50.6 Å². The Balaban J connectivity index is 2.33. The molecule has 23 heavy (non-hydrogen) atoms. The zero-order valence-electron chi connectivity index (χ0n) is 11.9. The summed E-state index contributed by atoms with van der Waals surface area (Å²) in [5.41, 5.74) is -1.42. The van der Waals surface area contributed by atoms with Gasteiger partial charge in [0.1, 0.15) is 5.76 Å². The Bertz CT molecular complexity index is 976. The summed E-state index contributed by atoms with van der Waals surface area (Å²) in [5.74, 6) is 0.407. The van der Waals surface area contributed by atoms with E-state index in [1.807, 2.05) is 0 Å². The molecule has 3 rings (SSSR count). The largest absolute Gasteiger partial charge is 0.416 e. The lowest BCUT2D eigenvalue weighted by Gasteiger charge is -2.12. The van der Waals surface area contributed by atoms with E-state index in [9.17, 15) is 18.0 Å². The molecule has 0 N–H and O–H groups in total. The fourth-order valence-electron chi connectivity index (χ4n) is 2.30. The fourth-order valence-corrected chi connectivity index (χ4v) is 2.50. The van der Waals surface area contributed by atoms with Crippen molar-refractivity contribution >= 4 is 22.5 Å². The van der Waals surface area contributed by atoms with Crippen LogP contribution in [0.25, 0.3) is 16.6 Å². The molecule has 0 atom stereocenters. The Labute approximate surface area is 132 Å². The summed E-state index contributed by atoms with van der Waals surface area (Å²) >= 11 is 5.95. The summed E-state index contributed by atoms with van der Waals surface area (Å²) in [4.78, 5) is 12.4. The van der Waals surface area contributed by atoms with Crippen molar-refractivity contribution in [3.63, 3.8) is 0 Å². The molecule has 0 bridgehead atoms. The van der Waals surface area contributed by atoms with E-state index in [0.717, 1.165) is 22.9 Å². The molecule has 0 radical (unpaired) electrons. The highest BCUT2D eigenvalue weighted by molar-refractivity contribution is 6.32. The van der Waals surface area contributed by atoms with Crippen LogP contribution in [0.4, 0.5) is 13.2 Å². The maximum absolute atomic E-state index is 12.9. The number of hydrogen-bond donors (Lipinski definition) is 0. The van der Waals surface area contributed by atoms with Crippen LogP contribution in [0.5, 0.6) is 0 Å². The molecule has 120 valence electrons. The summed E-state index contributed by atoms with van der Waals surface area (Å²) in [6, 6.07) is 2.68. The molecule has 0 aliphatic rings. The summed E-state index contributed by atoms with van der Waals surface area (Å²) in [7, 11) is 0. The van der Waals surface area contributed by atoms with Crippen molar-refractivity contribution in [1.29, 1.82) is 0 Å². The van der Waals surface area contributed by atoms with Crippen LogP contribution in [-0.4, -0.2) is 14.9 Å². The van der Waals surface area contributed by atoms with Gasteiger partial charge in [0, 0.05) is 0 Å². The Kier molecular flexibility index (Phi) is 3.44. The Hall–Kier alpha value is -2.35. The molecular weight excluding hydrogens is 335 g/mol. The third-order valence-electron chi connectivity index (χ3n) is 3.37. The Morgan fingerprint density at radius 3 is 2.61 bits per heavy atom. The minimum absolute atomic E-state index is 0.0107. The average Bonchev–Trinajstić information content (AvgIpc) is 2.85. The van der Waals surface area contributed by atoms with Crippen molar-refractivity contribution in [2.24, 2.45) is 0 Å². The lowest BCUT2D eigenvalue weighted by Crippen LogP contribution is -2.23. The standard InChI is InChI=1S/C14H9ClF3N3O2/c1-6-11-7(2)23-20-12(11)13(22)21(19-6)10-5-8(14(16,17)18)3-4-9(10)15/h3-5H,1-2H3. The molecule has 0 fully saturated rings. The van der Waals surface area contributed by atoms with E-state index in [2.05, 4.69) is 10.3 Å². The number of hydrogen-bond acceptors (Lipinski definition) is 4.